The number of halogens is 1. The largest absolute Gasteiger partial charge is 0.388 e. The fraction of sp³-hybridized carbons (Fsp3) is 0.250. The topological polar surface area (TPSA) is 20.2 Å². The Hall–Kier alpha value is -1.67. The van der Waals surface area contributed by atoms with Crippen LogP contribution in [0.3, 0.4) is 0 Å². The fourth-order valence-electron chi connectivity index (χ4n) is 2.60. The second-order valence-corrected chi connectivity index (χ2v) is 4.96. The van der Waals surface area contributed by atoms with Crippen LogP contribution in [0.15, 0.2) is 42.5 Å². The lowest BCUT2D eigenvalue weighted by Gasteiger charge is -2.34. The molecule has 0 bridgehead atoms. The van der Waals surface area contributed by atoms with Crippen LogP contribution in [-0.4, -0.2) is 5.11 Å². The van der Waals surface area contributed by atoms with Crippen LogP contribution in [0.5, 0.6) is 0 Å². The molecule has 2 heteroatoms. The molecule has 0 heterocycles. The van der Waals surface area contributed by atoms with Gasteiger partial charge in [-0.05, 0) is 41.7 Å². The molecule has 1 nitrogen and oxygen atoms in total. The van der Waals surface area contributed by atoms with E-state index in [1.165, 1.54) is 17.2 Å². The van der Waals surface area contributed by atoms with Crippen LogP contribution in [0.4, 0.5) is 4.39 Å². The molecule has 2 unspecified atom stereocenters. The summed E-state index contributed by atoms with van der Waals surface area (Å²) in [6.45, 7) is 1.73. The molecule has 0 radical (unpaired) electrons. The van der Waals surface area contributed by atoms with Gasteiger partial charge in [-0.2, -0.15) is 0 Å². The molecule has 92 valence electrons. The van der Waals surface area contributed by atoms with Gasteiger partial charge in [0.05, 0.1) is 6.10 Å². The molecule has 0 spiro atoms. The smallest absolute Gasteiger partial charge is 0.126 e. The molecule has 1 aliphatic carbocycles. The highest BCUT2D eigenvalue weighted by molar-refractivity contribution is 5.42. The van der Waals surface area contributed by atoms with Crippen molar-refractivity contribution >= 4 is 0 Å². The van der Waals surface area contributed by atoms with E-state index in [0.29, 0.717) is 11.1 Å². The zero-order valence-corrected chi connectivity index (χ0v) is 10.2. The van der Waals surface area contributed by atoms with Crippen molar-refractivity contribution in [3.63, 3.8) is 0 Å². The molecule has 1 aliphatic rings. The van der Waals surface area contributed by atoms with Gasteiger partial charge in [0, 0.05) is 5.92 Å². The van der Waals surface area contributed by atoms with Gasteiger partial charge in [-0.3, -0.25) is 0 Å². The lowest BCUT2D eigenvalue weighted by atomic mass is 9.73. The van der Waals surface area contributed by atoms with Crippen molar-refractivity contribution in [3.05, 3.63) is 70.5 Å². The minimum Gasteiger partial charge on any atom is -0.388 e. The van der Waals surface area contributed by atoms with E-state index in [-0.39, 0.29) is 11.7 Å². The Morgan fingerprint density at radius 1 is 1.22 bits per heavy atom. The van der Waals surface area contributed by atoms with Crippen LogP contribution in [0.25, 0.3) is 0 Å². The molecule has 3 rings (SSSR count). The van der Waals surface area contributed by atoms with E-state index >= 15 is 0 Å². The minimum absolute atomic E-state index is 0.100. The summed E-state index contributed by atoms with van der Waals surface area (Å²) in [5.74, 6) is -0.150. The fourth-order valence-corrected chi connectivity index (χ4v) is 2.60. The van der Waals surface area contributed by atoms with Gasteiger partial charge < -0.3 is 5.11 Å². The van der Waals surface area contributed by atoms with E-state index in [0.717, 1.165) is 6.42 Å². The number of fused-ring (bicyclic) bond motifs is 1. The van der Waals surface area contributed by atoms with Crippen molar-refractivity contribution in [2.24, 2.45) is 0 Å². The number of rotatable bonds is 2. The average Bonchev–Trinajstić information content (AvgIpc) is 2.34. The second-order valence-electron chi connectivity index (χ2n) is 4.96. The summed E-state index contributed by atoms with van der Waals surface area (Å²) in [7, 11) is 0. The van der Waals surface area contributed by atoms with Gasteiger partial charge in [0.15, 0.2) is 0 Å². The maximum Gasteiger partial charge on any atom is 0.126 e. The number of hydrogen-bond acceptors (Lipinski definition) is 1. The van der Waals surface area contributed by atoms with E-state index < -0.39 is 6.10 Å². The van der Waals surface area contributed by atoms with Gasteiger partial charge in [0.2, 0.25) is 0 Å². The Labute approximate surface area is 106 Å². The molecule has 2 aromatic rings. The van der Waals surface area contributed by atoms with Gasteiger partial charge in [-0.1, -0.05) is 36.4 Å². The highest BCUT2D eigenvalue weighted by Crippen LogP contribution is 2.43. The highest BCUT2D eigenvalue weighted by atomic mass is 19.1. The second kappa shape index (κ2) is 4.21. The van der Waals surface area contributed by atoms with Crippen LogP contribution in [0.1, 0.15) is 34.3 Å². The summed E-state index contributed by atoms with van der Waals surface area (Å²) >= 11 is 0. The highest BCUT2D eigenvalue weighted by Gasteiger charge is 2.32. The molecule has 0 amide bonds. The van der Waals surface area contributed by atoms with Gasteiger partial charge in [-0.25, -0.2) is 4.39 Å². The monoisotopic (exact) mass is 242 g/mol. The van der Waals surface area contributed by atoms with Crippen molar-refractivity contribution in [2.75, 3.05) is 0 Å². The lowest BCUT2D eigenvalue weighted by Crippen LogP contribution is -2.23. The molecule has 0 fully saturated rings. The first-order valence-electron chi connectivity index (χ1n) is 6.19. The van der Waals surface area contributed by atoms with Crippen LogP contribution < -0.4 is 0 Å². The summed E-state index contributed by atoms with van der Waals surface area (Å²) < 4.78 is 13.5. The number of hydrogen-bond donors (Lipinski definition) is 1. The maximum atomic E-state index is 13.5. The van der Waals surface area contributed by atoms with E-state index in [9.17, 15) is 9.50 Å². The summed E-state index contributed by atoms with van der Waals surface area (Å²) in [5, 5.41) is 10.3. The first kappa shape index (κ1) is 11.4. The quantitative estimate of drug-likeness (QED) is 0.854. The average molecular weight is 242 g/mol. The molecule has 0 saturated carbocycles. The Morgan fingerprint density at radius 2 is 2.00 bits per heavy atom. The van der Waals surface area contributed by atoms with Gasteiger partial charge in [0.1, 0.15) is 5.82 Å². The first-order valence-corrected chi connectivity index (χ1v) is 6.19. The number of benzene rings is 2. The molecular weight excluding hydrogens is 227 g/mol. The summed E-state index contributed by atoms with van der Waals surface area (Å²) in [6, 6.07) is 13.1. The zero-order chi connectivity index (χ0) is 12.7. The summed E-state index contributed by atoms with van der Waals surface area (Å²) in [6.07, 6.45) is 0.252. The Bertz CT molecular complexity index is 591. The van der Waals surface area contributed by atoms with Crippen molar-refractivity contribution < 1.29 is 9.50 Å². The van der Waals surface area contributed by atoms with Crippen LogP contribution in [-0.2, 0) is 6.42 Å². The third kappa shape index (κ3) is 1.73. The Balaban J connectivity index is 1.88. The van der Waals surface area contributed by atoms with Gasteiger partial charge in [0.25, 0.3) is 0 Å². The normalized spacial score (nSPS) is 18.9. The molecule has 0 saturated heterocycles. The zero-order valence-electron chi connectivity index (χ0n) is 10.2. The third-order valence-electron chi connectivity index (χ3n) is 3.81. The van der Waals surface area contributed by atoms with Gasteiger partial charge >= 0.3 is 0 Å². The molecule has 1 N–H and O–H groups in total. The van der Waals surface area contributed by atoms with E-state index in [1.54, 1.807) is 13.0 Å². The predicted octanol–water partition coefficient (Wildman–Crippen LogP) is 3.51. The van der Waals surface area contributed by atoms with E-state index in [4.69, 9.17) is 0 Å². The molecule has 2 aromatic carbocycles. The van der Waals surface area contributed by atoms with Crippen molar-refractivity contribution in [2.45, 2.75) is 25.4 Å². The molecule has 18 heavy (non-hydrogen) atoms. The Morgan fingerprint density at radius 3 is 2.72 bits per heavy atom. The maximum absolute atomic E-state index is 13.5. The van der Waals surface area contributed by atoms with Crippen LogP contribution >= 0.6 is 0 Å². The predicted molar refractivity (Wildman–Crippen MR) is 69.0 cm³/mol. The Kier molecular flexibility index (Phi) is 2.67. The van der Waals surface area contributed by atoms with E-state index in [2.05, 4.69) is 6.07 Å². The number of aliphatic hydroxyl groups excluding tert-OH is 1. The van der Waals surface area contributed by atoms with Crippen LogP contribution in [0, 0.1) is 12.7 Å². The SMILES string of the molecule is Cc1ccc(C(O)C2Cc3ccccc32)cc1F. The van der Waals surface area contributed by atoms with Crippen molar-refractivity contribution in [1.82, 2.24) is 0 Å². The van der Waals surface area contributed by atoms with Crippen molar-refractivity contribution in [1.29, 1.82) is 0 Å². The van der Waals surface area contributed by atoms with Gasteiger partial charge in [-0.15, -0.1) is 0 Å². The molecule has 0 aliphatic heterocycles. The third-order valence-corrected chi connectivity index (χ3v) is 3.81. The van der Waals surface area contributed by atoms with E-state index in [1.807, 2.05) is 24.3 Å². The van der Waals surface area contributed by atoms with Crippen LogP contribution in [0.2, 0.25) is 0 Å². The minimum atomic E-state index is -0.616. The molecule has 2 atom stereocenters. The number of aliphatic hydroxyl groups is 1. The standard InChI is InChI=1S/C16H15FO/c1-10-6-7-12(9-15(10)17)16(18)14-8-11-4-2-3-5-13(11)14/h2-7,9,14,16,18H,8H2,1H3. The summed E-state index contributed by atoms with van der Waals surface area (Å²) in [4.78, 5) is 0. The summed E-state index contributed by atoms with van der Waals surface area (Å²) in [5.41, 5.74) is 3.75. The number of aryl methyl sites for hydroxylation is 1. The first-order chi connectivity index (χ1) is 8.66. The molecule has 0 aromatic heterocycles. The van der Waals surface area contributed by atoms with Crippen molar-refractivity contribution in [3.8, 4) is 0 Å². The lowest BCUT2D eigenvalue weighted by molar-refractivity contribution is 0.134. The molecular formula is C16H15FO.